The fourth-order valence-electron chi connectivity index (χ4n) is 3.47. The van der Waals surface area contributed by atoms with E-state index in [1.165, 1.54) is 0 Å². The number of nitrogens with two attached hydrogens (primary N) is 1. The molecule has 0 aliphatic rings. The van der Waals surface area contributed by atoms with Crippen molar-refractivity contribution in [3.8, 4) is 28.3 Å². The molecule has 0 saturated heterocycles. The van der Waals surface area contributed by atoms with Crippen LogP contribution in [0.5, 0.6) is 5.75 Å². The molecule has 0 spiro atoms. The molecule has 0 aliphatic heterocycles. The predicted octanol–water partition coefficient (Wildman–Crippen LogP) is 4.42. The lowest BCUT2D eigenvalue weighted by Gasteiger charge is -2.14. The third kappa shape index (κ3) is 3.71. The van der Waals surface area contributed by atoms with Crippen LogP contribution in [0.2, 0.25) is 0 Å². The summed E-state index contributed by atoms with van der Waals surface area (Å²) in [7, 11) is 0. The van der Waals surface area contributed by atoms with Crippen LogP contribution in [0.4, 0.5) is 5.82 Å². The molecular weight excluding hydrogens is 378 g/mol. The number of aromatic nitrogens is 3. The molecule has 4 aromatic rings. The fraction of sp³-hybridized carbons (Fsp3) is 0.261. The van der Waals surface area contributed by atoms with E-state index in [9.17, 15) is 5.11 Å². The van der Waals surface area contributed by atoms with Gasteiger partial charge in [-0.25, -0.2) is 9.97 Å². The lowest BCUT2D eigenvalue weighted by atomic mass is 10.0. The third-order valence-electron chi connectivity index (χ3n) is 5.22. The molecule has 2 heterocycles. The predicted molar refractivity (Wildman–Crippen MR) is 118 cm³/mol. The van der Waals surface area contributed by atoms with Crippen molar-refractivity contribution in [2.24, 2.45) is 5.73 Å². The minimum absolute atomic E-state index is 0.0263. The smallest absolute Gasteiger partial charge is 0.165 e. The van der Waals surface area contributed by atoms with Gasteiger partial charge >= 0.3 is 0 Å². The van der Waals surface area contributed by atoms with Gasteiger partial charge in [0.1, 0.15) is 17.3 Å². The number of aromatic hydroxyl groups is 1. The Bertz CT molecular complexity index is 1180. The fourth-order valence-corrected chi connectivity index (χ4v) is 3.47. The molecule has 1 atom stereocenters. The number of phenolic OH excluding ortho intramolecular Hbond substituents is 1. The number of anilines is 1. The van der Waals surface area contributed by atoms with Crippen molar-refractivity contribution in [2.45, 2.75) is 33.2 Å². The van der Waals surface area contributed by atoms with Crippen LogP contribution in [0.1, 0.15) is 24.8 Å². The lowest BCUT2D eigenvalue weighted by molar-refractivity contribution is 0.393. The quantitative estimate of drug-likeness (QED) is 0.437. The Hall–Kier alpha value is -3.45. The number of hydrogen-bond acceptors (Lipinski definition) is 7. The average Bonchev–Trinajstić information content (AvgIpc) is 3.10. The van der Waals surface area contributed by atoms with E-state index in [1.807, 2.05) is 57.2 Å². The third-order valence-corrected chi connectivity index (χ3v) is 5.22. The minimum atomic E-state index is 0.0263. The average molecular weight is 403 g/mol. The number of fused-ring (bicyclic) bond motifs is 1. The number of benzene rings is 2. The van der Waals surface area contributed by atoms with Crippen molar-refractivity contribution in [1.29, 1.82) is 0 Å². The SMILES string of the molecule is CCC(N)CNc1nc(-c2cc(-c3c(C)noc3C)ccc2O)nc2ccccc12. The molecule has 30 heavy (non-hydrogen) atoms. The lowest BCUT2D eigenvalue weighted by Crippen LogP contribution is -2.28. The molecule has 1 unspecified atom stereocenters. The van der Waals surface area contributed by atoms with Crippen LogP contribution >= 0.6 is 0 Å². The maximum atomic E-state index is 10.6. The van der Waals surface area contributed by atoms with Gasteiger partial charge in [0.2, 0.25) is 0 Å². The van der Waals surface area contributed by atoms with Crippen LogP contribution in [0.25, 0.3) is 33.4 Å². The number of para-hydroxylation sites is 1. The van der Waals surface area contributed by atoms with Crippen molar-refractivity contribution < 1.29 is 9.63 Å². The van der Waals surface area contributed by atoms with Gasteiger partial charge in [-0.3, -0.25) is 0 Å². The standard InChI is InChI=1S/C23H25N5O2/c1-4-16(24)12-25-22-17-7-5-6-8-19(17)26-23(27-22)18-11-15(9-10-20(18)29)21-13(2)28-30-14(21)3/h5-11,16,29H,4,12,24H2,1-3H3,(H,25,26,27). The van der Waals surface area contributed by atoms with E-state index in [0.29, 0.717) is 23.8 Å². The Morgan fingerprint density at radius 3 is 2.67 bits per heavy atom. The zero-order valence-corrected chi connectivity index (χ0v) is 17.3. The van der Waals surface area contributed by atoms with Crippen LogP contribution in [-0.2, 0) is 0 Å². The normalized spacial score (nSPS) is 12.3. The number of nitrogens with zero attached hydrogens (tertiary/aromatic N) is 3. The van der Waals surface area contributed by atoms with E-state index in [0.717, 1.165) is 39.9 Å². The first-order valence-corrected chi connectivity index (χ1v) is 10.0. The second kappa shape index (κ2) is 8.12. The summed E-state index contributed by atoms with van der Waals surface area (Å²) in [6.45, 7) is 6.41. The van der Waals surface area contributed by atoms with Crippen LogP contribution in [0, 0.1) is 13.8 Å². The van der Waals surface area contributed by atoms with E-state index >= 15 is 0 Å². The Kier molecular flexibility index (Phi) is 5.37. The Morgan fingerprint density at radius 1 is 1.13 bits per heavy atom. The molecule has 4 N–H and O–H groups in total. The molecule has 0 saturated carbocycles. The van der Waals surface area contributed by atoms with Gasteiger partial charge in [-0.1, -0.05) is 30.3 Å². The molecule has 0 fully saturated rings. The largest absolute Gasteiger partial charge is 0.507 e. The molecular formula is C23H25N5O2. The van der Waals surface area contributed by atoms with Crippen LogP contribution < -0.4 is 11.1 Å². The van der Waals surface area contributed by atoms with Crippen molar-refractivity contribution in [3.63, 3.8) is 0 Å². The van der Waals surface area contributed by atoms with E-state index in [-0.39, 0.29) is 11.8 Å². The summed E-state index contributed by atoms with van der Waals surface area (Å²) in [5.41, 5.74) is 10.00. The molecule has 7 heteroatoms. The van der Waals surface area contributed by atoms with E-state index in [4.69, 9.17) is 20.2 Å². The first-order chi connectivity index (χ1) is 14.5. The molecule has 0 aliphatic carbocycles. The van der Waals surface area contributed by atoms with E-state index in [1.54, 1.807) is 6.07 Å². The summed E-state index contributed by atoms with van der Waals surface area (Å²) in [6.07, 6.45) is 0.864. The summed E-state index contributed by atoms with van der Waals surface area (Å²) in [5.74, 6) is 1.96. The molecule has 154 valence electrons. The van der Waals surface area contributed by atoms with E-state index in [2.05, 4.69) is 10.5 Å². The van der Waals surface area contributed by atoms with Crippen LogP contribution in [0.3, 0.4) is 0 Å². The summed E-state index contributed by atoms with van der Waals surface area (Å²) < 4.78 is 5.30. The van der Waals surface area contributed by atoms with Gasteiger partial charge in [0.25, 0.3) is 0 Å². The number of phenols is 1. The number of aryl methyl sites for hydroxylation is 2. The van der Waals surface area contributed by atoms with Gasteiger partial charge in [-0.05, 0) is 50.1 Å². The van der Waals surface area contributed by atoms with Crippen molar-refractivity contribution >= 4 is 16.7 Å². The summed E-state index contributed by atoms with van der Waals surface area (Å²) in [4.78, 5) is 9.43. The zero-order valence-electron chi connectivity index (χ0n) is 17.3. The molecule has 0 bridgehead atoms. The second-order valence-corrected chi connectivity index (χ2v) is 7.39. The molecule has 0 radical (unpaired) electrons. The first-order valence-electron chi connectivity index (χ1n) is 10.0. The Morgan fingerprint density at radius 2 is 1.93 bits per heavy atom. The number of hydrogen-bond donors (Lipinski definition) is 3. The highest BCUT2D eigenvalue weighted by molar-refractivity contribution is 5.91. The maximum Gasteiger partial charge on any atom is 0.165 e. The van der Waals surface area contributed by atoms with Crippen molar-refractivity contribution in [1.82, 2.24) is 15.1 Å². The zero-order chi connectivity index (χ0) is 21.3. The van der Waals surface area contributed by atoms with Crippen LogP contribution in [0.15, 0.2) is 47.0 Å². The van der Waals surface area contributed by atoms with Gasteiger partial charge < -0.3 is 20.7 Å². The van der Waals surface area contributed by atoms with Crippen molar-refractivity contribution in [2.75, 3.05) is 11.9 Å². The molecule has 7 nitrogen and oxygen atoms in total. The number of rotatable bonds is 6. The number of nitrogens with one attached hydrogen (secondary N) is 1. The van der Waals surface area contributed by atoms with Gasteiger partial charge in [-0.2, -0.15) is 0 Å². The Labute approximate surface area is 175 Å². The van der Waals surface area contributed by atoms with Gasteiger partial charge in [0, 0.05) is 23.5 Å². The summed E-state index contributed by atoms with van der Waals surface area (Å²) in [5, 5.41) is 18.9. The maximum absolute atomic E-state index is 10.6. The van der Waals surface area contributed by atoms with Gasteiger partial charge in [0.05, 0.1) is 16.8 Å². The van der Waals surface area contributed by atoms with Gasteiger partial charge in [0.15, 0.2) is 5.82 Å². The van der Waals surface area contributed by atoms with E-state index < -0.39 is 0 Å². The van der Waals surface area contributed by atoms with Crippen molar-refractivity contribution in [3.05, 3.63) is 53.9 Å². The monoisotopic (exact) mass is 403 g/mol. The topological polar surface area (TPSA) is 110 Å². The molecule has 2 aromatic carbocycles. The highest BCUT2D eigenvalue weighted by atomic mass is 16.5. The second-order valence-electron chi connectivity index (χ2n) is 7.39. The molecule has 4 rings (SSSR count). The highest BCUT2D eigenvalue weighted by Crippen LogP contribution is 2.35. The minimum Gasteiger partial charge on any atom is -0.507 e. The first kappa shape index (κ1) is 19.8. The molecule has 0 amide bonds. The Balaban J connectivity index is 1.84. The summed E-state index contributed by atoms with van der Waals surface area (Å²) in [6, 6.07) is 13.2. The van der Waals surface area contributed by atoms with Crippen LogP contribution in [-0.4, -0.2) is 32.8 Å². The summed E-state index contributed by atoms with van der Waals surface area (Å²) >= 11 is 0. The van der Waals surface area contributed by atoms with Gasteiger partial charge in [-0.15, -0.1) is 0 Å². The highest BCUT2D eigenvalue weighted by Gasteiger charge is 2.17. The molecule has 2 aromatic heterocycles.